The molecule has 2 fully saturated rings. The highest BCUT2D eigenvalue weighted by molar-refractivity contribution is 6.05. The molecule has 2 amide bonds. The van der Waals surface area contributed by atoms with Crippen LogP contribution in [0, 0.1) is 5.41 Å². The predicted molar refractivity (Wildman–Crippen MR) is 53.5 cm³/mol. The SMILES string of the molecule is O=C(CNC(=O)C1(C(=O)O)CC1)NC1CC1. The van der Waals surface area contributed by atoms with Crippen LogP contribution in [-0.2, 0) is 14.4 Å². The third kappa shape index (κ3) is 2.15. The van der Waals surface area contributed by atoms with Gasteiger partial charge in [0.15, 0.2) is 0 Å². The summed E-state index contributed by atoms with van der Waals surface area (Å²) in [5.74, 6) is -1.91. The Morgan fingerprint density at radius 1 is 1.25 bits per heavy atom. The minimum atomic E-state index is -1.26. The van der Waals surface area contributed by atoms with Crippen LogP contribution in [0.4, 0.5) is 0 Å². The van der Waals surface area contributed by atoms with Gasteiger partial charge in [0.05, 0.1) is 6.54 Å². The van der Waals surface area contributed by atoms with Crippen molar-refractivity contribution in [2.45, 2.75) is 31.7 Å². The Balaban J connectivity index is 1.75. The number of carbonyl (C=O) groups excluding carboxylic acids is 2. The van der Waals surface area contributed by atoms with Crippen molar-refractivity contribution < 1.29 is 19.5 Å². The highest BCUT2D eigenvalue weighted by Crippen LogP contribution is 2.45. The summed E-state index contributed by atoms with van der Waals surface area (Å²) in [6, 6.07) is 0.249. The topological polar surface area (TPSA) is 95.5 Å². The van der Waals surface area contributed by atoms with Crippen LogP contribution in [0.25, 0.3) is 0 Å². The largest absolute Gasteiger partial charge is 0.480 e. The maximum Gasteiger partial charge on any atom is 0.319 e. The molecule has 0 aromatic rings. The minimum Gasteiger partial charge on any atom is -0.480 e. The van der Waals surface area contributed by atoms with E-state index in [2.05, 4.69) is 10.6 Å². The molecule has 88 valence electrons. The summed E-state index contributed by atoms with van der Waals surface area (Å²) in [5.41, 5.74) is -1.26. The Morgan fingerprint density at radius 3 is 2.31 bits per heavy atom. The highest BCUT2D eigenvalue weighted by Gasteiger charge is 2.57. The number of rotatable bonds is 5. The van der Waals surface area contributed by atoms with Crippen molar-refractivity contribution >= 4 is 17.8 Å². The van der Waals surface area contributed by atoms with E-state index in [0.29, 0.717) is 12.8 Å². The molecule has 0 aliphatic heterocycles. The van der Waals surface area contributed by atoms with Gasteiger partial charge in [-0.3, -0.25) is 14.4 Å². The molecule has 2 aliphatic carbocycles. The zero-order chi connectivity index (χ0) is 11.8. The molecule has 0 heterocycles. The number of amides is 2. The molecule has 0 radical (unpaired) electrons. The summed E-state index contributed by atoms with van der Waals surface area (Å²) >= 11 is 0. The van der Waals surface area contributed by atoms with Gasteiger partial charge in [-0.2, -0.15) is 0 Å². The van der Waals surface area contributed by atoms with Gasteiger partial charge in [-0.1, -0.05) is 0 Å². The van der Waals surface area contributed by atoms with Gasteiger partial charge in [0.25, 0.3) is 0 Å². The quantitative estimate of drug-likeness (QED) is 0.537. The lowest BCUT2D eigenvalue weighted by Crippen LogP contribution is -2.43. The molecular weight excluding hydrogens is 212 g/mol. The van der Waals surface area contributed by atoms with E-state index in [1.54, 1.807) is 0 Å². The van der Waals surface area contributed by atoms with Crippen molar-refractivity contribution in [3.05, 3.63) is 0 Å². The average Bonchev–Trinajstić information content (AvgIpc) is 3.06. The summed E-state index contributed by atoms with van der Waals surface area (Å²) < 4.78 is 0. The molecule has 6 heteroatoms. The van der Waals surface area contributed by atoms with E-state index in [-0.39, 0.29) is 18.5 Å². The molecule has 16 heavy (non-hydrogen) atoms. The number of hydrogen-bond acceptors (Lipinski definition) is 3. The molecule has 6 nitrogen and oxygen atoms in total. The Hall–Kier alpha value is -1.59. The van der Waals surface area contributed by atoms with E-state index in [9.17, 15) is 14.4 Å². The maximum absolute atomic E-state index is 11.5. The molecule has 0 saturated heterocycles. The van der Waals surface area contributed by atoms with E-state index in [1.165, 1.54) is 0 Å². The van der Waals surface area contributed by atoms with Gasteiger partial charge in [-0.05, 0) is 25.7 Å². The second kappa shape index (κ2) is 3.77. The average molecular weight is 226 g/mol. The molecular formula is C10H14N2O4. The van der Waals surface area contributed by atoms with E-state index < -0.39 is 17.3 Å². The Morgan fingerprint density at radius 2 is 1.88 bits per heavy atom. The molecule has 0 aromatic heterocycles. The monoisotopic (exact) mass is 226 g/mol. The lowest BCUT2D eigenvalue weighted by Gasteiger charge is -2.10. The first-order chi connectivity index (χ1) is 7.54. The predicted octanol–water partition coefficient (Wildman–Crippen LogP) is -0.754. The van der Waals surface area contributed by atoms with Crippen molar-refractivity contribution in [3.8, 4) is 0 Å². The summed E-state index contributed by atoms with van der Waals surface area (Å²) in [4.78, 5) is 33.5. The molecule has 0 spiro atoms. The van der Waals surface area contributed by atoms with Crippen LogP contribution in [0.5, 0.6) is 0 Å². The summed E-state index contributed by atoms with van der Waals surface area (Å²) in [6.45, 7) is -0.135. The van der Waals surface area contributed by atoms with Gasteiger partial charge >= 0.3 is 5.97 Å². The van der Waals surface area contributed by atoms with Gasteiger partial charge < -0.3 is 15.7 Å². The van der Waals surface area contributed by atoms with E-state index in [0.717, 1.165) is 12.8 Å². The molecule has 2 aliphatic rings. The normalized spacial score (nSPS) is 21.0. The number of carboxylic acids is 1. The fourth-order valence-electron chi connectivity index (χ4n) is 1.50. The molecule has 0 unspecified atom stereocenters. The van der Waals surface area contributed by atoms with Crippen molar-refractivity contribution in [1.29, 1.82) is 0 Å². The molecule has 3 N–H and O–H groups in total. The van der Waals surface area contributed by atoms with Gasteiger partial charge in [0, 0.05) is 6.04 Å². The zero-order valence-electron chi connectivity index (χ0n) is 8.78. The standard InChI is InChI=1S/C10H14N2O4/c13-7(12-6-1-2-6)5-11-8(14)10(3-4-10)9(15)16/h6H,1-5H2,(H,11,14)(H,12,13)(H,15,16). The molecule has 0 bridgehead atoms. The number of aliphatic carboxylic acids is 1. The van der Waals surface area contributed by atoms with Crippen molar-refractivity contribution in [2.75, 3.05) is 6.54 Å². The van der Waals surface area contributed by atoms with E-state index >= 15 is 0 Å². The summed E-state index contributed by atoms with van der Waals surface area (Å²) in [7, 11) is 0. The first-order valence-corrected chi connectivity index (χ1v) is 5.36. The Bertz CT molecular complexity index is 345. The first kappa shape index (κ1) is 10.9. The Kier molecular flexibility index (Phi) is 2.57. The Labute approximate surface area is 92.4 Å². The van der Waals surface area contributed by atoms with Gasteiger partial charge in [0.2, 0.25) is 11.8 Å². The van der Waals surface area contributed by atoms with Crippen LogP contribution in [0.1, 0.15) is 25.7 Å². The van der Waals surface area contributed by atoms with E-state index in [1.807, 2.05) is 0 Å². The van der Waals surface area contributed by atoms with Crippen LogP contribution in [-0.4, -0.2) is 35.5 Å². The third-order valence-electron chi connectivity index (χ3n) is 2.95. The summed E-state index contributed by atoms with van der Waals surface area (Å²) in [6.07, 6.45) is 2.69. The van der Waals surface area contributed by atoms with Gasteiger partial charge in [-0.25, -0.2) is 0 Å². The van der Waals surface area contributed by atoms with E-state index in [4.69, 9.17) is 5.11 Å². The van der Waals surface area contributed by atoms with Crippen LogP contribution >= 0.6 is 0 Å². The zero-order valence-corrected chi connectivity index (χ0v) is 8.78. The number of carbonyl (C=O) groups is 3. The van der Waals surface area contributed by atoms with Crippen LogP contribution in [0.3, 0.4) is 0 Å². The lowest BCUT2D eigenvalue weighted by molar-refractivity contribution is -0.149. The fourth-order valence-corrected chi connectivity index (χ4v) is 1.50. The molecule has 0 aromatic carbocycles. The maximum atomic E-state index is 11.5. The molecule has 0 atom stereocenters. The van der Waals surface area contributed by atoms with Crippen molar-refractivity contribution in [1.82, 2.24) is 10.6 Å². The second-order valence-corrected chi connectivity index (χ2v) is 4.41. The minimum absolute atomic E-state index is 0.135. The number of hydrogen-bond donors (Lipinski definition) is 3. The number of carboxylic acid groups (broad SMARTS) is 1. The van der Waals surface area contributed by atoms with Crippen LogP contribution < -0.4 is 10.6 Å². The smallest absolute Gasteiger partial charge is 0.319 e. The molecule has 2 saturated carbocycles. The number of nitrogens with one attached hydrogen (secondary N) is 2. The van der Waals surface area contributed by atoms with Crippen LogP contribution in [0.2, 0.25) is 0 Å². The highest BCUT2D eigenvalue weighted by atomic mass is 16.4. The fraction of sp³-hybridized carbons (Fsp3) is 0.700. The van der Waals surface area contributed by atoms with Gasteiger partial charge in [0.1, 0.15) is 5.41 Å². The van der Waals surface area contributed by atoms with Crippen LogP contribution in [0.15, 0.2) is 0 Å². The first-order valence-electron chi connectivity index (χ1n) is 5.36. The van der Waals surface area contributed by atoms with Crippen molar-refractivity contribution in [2.24, 2.45) is 5.41 Å². The molecule has 2 rings (SSSR count). The summed E-state index contributed by atoms with van der Waals surface area (Å²) in [5, 5.41) is 13.9. The third-order valence-corrected chi connectivity index (χ3v) is 2.95. The van der Waals surface area contributed by atoms with Crippen molar-refractivity contribution in [3.63, 3.8) is 0 Å². The van der Waals surface area contributed by atoms with Gasteiger partial charge in [-0.15, -0.1) is 0 Å². The second-order valence-electron chi connectivity index (χ2n) is 4.41. The lowest BCUT2D eigenvalue weighted by atomic mass is 10.1.